The molecular weight excluding hydrogens is 248 g/mol. The summed E-state index contributed by atoms with van der Waals surface area (Å²) in [5, 5.41) is 0. The minimum Gasteiger partial charge on any atom is -0.466 e. The highest BCUT2D eigenvalue weighted by atomic mass is 16.3. The lowest BCUT2D eigenvalue weighted by Crippen LogP contribution is -2.01. The predicted molar refractivity (Wildman–Crippen MR) is 84.5 cm³/mol. The first-order valence-corrected chi connectivity index (χ1v) is 8.17. The molecule has 0 saturated heterocycles. The van der Waals surface area contributed by atoms with E-state index >= 15 is 0 Å². The van der Waals surface area contributed by atoms with Crippen LogP contribution in [0.5, 0.6) is 0 Å². The Kier molecular flexibility index (Phi) is 7.64. The number of ketones is 1. The van der Waals surface area contributed by atoms with Gasteiger partial charge in [-0.2, -0.15) is 0 Å². The number of hydrogen-bond donors (Lipinski definition) is 0. The van der Waals surface area contributed by atoms with Gasteiger partial charge in [-0.15, -0.1) is 0 Å². The normalized spacial score (nSPS) is 11.0. The SMILES string of the molecule is CCCCCCCCCCC(=O)c1c(C)oc(C)c1C. The zero-order valence-corrected chi connectivity index (χ0v) is 13.7. The lowest BCUT2D eigenvalue weighted by molar-refractivity contribution is 0.0977. The fourth-order valence-electron chi connectivity index (χ4n) is 2.75. The fourth-order valence-corrected chi connectivity index (χ4v) is 2.75. The van der Waals surface area contributed by atoms with Gasteiger partial charge >= 0.3 is 0 Å². The van der Waals surface area contributed by atoms with Crippen molar-refractivity contribution in [3.8, 4) is 0 Å². The molecule has 0 amide bonds. The predicted octanol–water partition coefficient (Wildman–Crippen LogP) is 5.92. The summed E-state index contributed by atoms with van der Waals surface area (Å²) in [6.45, 7) is 8.04. The number of Topliss-reactive ketones (excluding diaryl/α,β-unsaturated/α-hetero) is 1. The lowest BCUT2D eigenvalue weighted by atomic mass is 10.0. The highest BCUT2D eigenvalue weighted by Gasteiger charge is 2.17. The molecule has 0 aliphatic rings. The first kappa shape index (κ1) is 17.0. The van der Waals surface area contributed by atoms with Crippen LogP contribution >= 0.6 is 0 Å². The van der Waals surface area contributed by atoms with Gasteiger partial charge in [-0.25, -0.2) is 0 Å². The fraction of sp³-hybridized carbons (Fsp3) is 0.722. The standard InChI is InChI=1S/C18H30O2/c1-5-6-7-8-9-10-11-12-13-17(19)18-14(2)15(3)20-16(18)4/h5-13H2,1-4H3. The summed E-state index contributed by atoms with van der Waals surface area (Å²) in [6.07, 6.45) is 10.8. The number of aryl methyl sites for hydroxylation is 2. The Morgan fingerprint density at radius 2 is 1.40 bits per heavy atom. The van der Waals surface area contributed by atoms with Crippen LogP contribution in [0.15, 0.2) is 4.42 Å². The molecular formula is C18H30O2. The maximum atomic E-state index is 12.2. The molecule has 1 aromatic rings. The van der Waals surface area contributed by atoms with Crippen molar-refractivity contribution in [2.75, 3.05) is 0 Å². The molecule has 20 heavy (non-hydrogen) atoms. The molecule has 0 fully saturated rings. The number of furan rings is 1. The third-order valence-electron chi connectivity index (χ3n) is 4.10. The Hall–Kier alpha value is -1.05. The van der Waals surface area contributed by atoms with Crippen molar-refractivity contribution in [1.82, 2.24) is 0 Å². The lowest BCUT2D eigenvalue weighted by Gasteiger charge is -2.02. The monoisotopic (exact) mass is 278 g/mol. The zero-order chi connectivity index (χ0) is 15.0. The van der Waals surface area contributed by atoms with E-state index in [-0.39, 0.29) is 5.78 Å². The molecule has 0 bridgehead atoms. The van der Waals surface area contributed by atoms with Crippen molar-refractivity contribution in [1.29, 1.82) is 0 Å². The smallest absolute Gasteiger partial charge is 0.166 e. The summed E-state index contributed by atoms with van der Waals surface area (Å²) >= 11 is 0. The zero-order valence-electron chi connectivity index (χ0n) is 13.7. The number of carbonyl (C=O) groups is 1. The van der Waals surface area contributed by atoms with Gasteiger partial charge in [-0.1, -0.05) is 51.9 Å². The Labute approximate surface area is 123 Å². The maximum absolute atomic E-state index is 12.2. The topological polar surface area (TPSA) is 30.2 Å². The molecule has 1 aromatic heterocycles. The molecule has 0 saturated carbocycles. The van der Waals surface area contributed by atoms with Crippen molar-refractivity contribution in [2.45, 2.75) is 85.5 Å². The van der Waals surface area contributed by atoms with Gasteiger partial charge in [0.15, 0.2) is 5.78 Å². The van der Waals surface area contributed by atoms with Crippen LogP contribution < -0.4 is 0 Å². The largest absolute Gasteiger partial charge is 0.466 e. The number of hydrogen-bond acceptors (Lipinski definition) is 2. The summed E-state index contributed by atoms with van der Waals surface area (Å²) in [4.78, 5) is 12.2. The molecule has 0 spiro atoms. The first-order chi connectivity index (χ1) is 9.57. The van der Waals surface area contributed by atoms with Gasteiger partial charge in [0.1, 0.15) is 11.5 Å². The molecule has 0 aliphatic carbocycles. The van der Waals surface area contributed by atoms with Crippen LogP contribution in [0.4, 0.5) is 0 Å². The minimum absolute atomic E-state index is 0.253. The van der Waals surface area contributed by atoms with E-state index in [4.69, 9.17) is 4.42 Å². The highest BCUT2D eigenvalue weighted by molar-refractivity contribution is 5.98. The summed E-state index contributed by atoms with van der Waals surface area (Å²) in [5.74, 6) is 1.91. The highest BCUT2D eigenvalue weighted by Crippen LogP contribution is 2.23. The molecule has 114 valence electrons. The molecule has 2 nitrogen and oxygen atoms in total. The van der Waals surface area contributed by atoms with Crippen LogP contribution in [0, 0.1) is 20.8 Å². The second kappa shape index (κ2) is 8.99. The molecule has 0 unspecified atom stereocenters. The van der Waals surface area contributed by atoms with Gasteiger partial charge in [0.05, 0.1) is 5.56 Å². The van der Waals surface area contributed by atoms with Crippen molar-refractivity contribution in [3.05, 3.63) is 22.6 Å². The van der Waals surface area contributed by atoms with Crippen LogP contribution in [-0.2, 0) is 0 Å². The summed E-state index contributed by atoms with van der Waals surface area (Å²) in [5.41, 5.74) is 1.84. The Balaban J connectivity index is 2.20. The quantitative estimate of drug-likeness (QED) is 0.393. The number of rotatable bonds is 10. The summed E-state index contributed by atoms with van der Waals surface area (Å²) in [7, 11) is 0. The van der Waals surface area contributed by atoms with Crippen molar-refractivity contribution in [3.63, 3.8) is 0 Å². The molecule has 0 N–H and O–H groups in total. The van der Waals surface area contributed by atoms with Gasteiger partial charge in [0, 0.05) is 12.0 Å². The summed E-state index contributed by atoms with van der Waals surface area (Å²) < 4.78 is 5.53. The van der Waals surface area contributed by atoms with Crippen LogP contribution in [-0.4, -0.2) is 5.78 Å². The maximum Gasteiger partial charge on any atom is 0.166 e. The number of unbranched alkanes of at least 4 members (excludes halogenated alkanes) is 7. The van der Waals surface area contributed by atoms with Gasteiger partial charge in [0.2, 0.25) is 0 Å². The Morgan fingerprint density at radius 1 is 0.850 bits per heavy atom. The third-order valence-corrected chi connectivity index (χ3v) is 4.10. The molecule has 1 rings (SSSR count). The molecule has 1 heterocycles. The average molecular weight is 278 g/mol. The van der Waals surface area contributed by atoms with Gasteiger partial charge < -0.3 is 4.42 Å². The van der Waals surface area contributed by atoms with Crippen LogP contribution in [0.1, 0.15) is 92.2 Å². The molecule has 0 radical (unpaired) electrons. The van der Waals surface area contributed by atoms with E-state index in [2.05, 4.69) is 6.92 Å². The van der Waals surface area contributed by atoms with E-state index in [0.29, 0.717) is 6.42 Å². The Bertz CT molecular complexity index is 415. The molecule has 0 aromatic carbocycles. The van der Waals surface area contributed by atoms with E-state index in [1.807, 2.05) is 20.8 Å². The molecule has 0 aliphatic heterocycles. The van der Waals surface area contributed by atoms with Gasteiger partial charge in [-0.3, -0.25) is 4.79 Å². The van der Waals surface area contributed by atoms with Crippen LogP contribution in [0.2, 0.25) is 0 Å². The third kappa shape index (κ3) is 5.15. The van der Waals surface area contributed by atoms with Crippen molar-refractivity contribution >= 4 is 5.78 Å². The van der Waals surface area contributed by atoms with E-state index < -0.39 is 0 Å². The van der Waals surface area contributed by atoms with E-state index in [9.17, 15) is 4.79 Å². The second-order valence-electron chi connectivity index (χ2n) is 5.86. The number of carbonyl (C=O) groups excluding carboxylic acids is 1. The van der Waals surface area contributed by atoms with Crippen LogP contribution in [0.25, 0.3) is 0 Å². The second-order valence-corrected chi connectivity index (χ2v) is 5.86. The minimum atomic E-state index is 0.253. The Morgan fingerprint density at radius 3 is 1.90 bits per heavy atom. The molecule has 2 heteroatoms. The van der Waals surface area contributed by atoms with E-state index in [1.54, 1.807) is 0 Å². The van der Waals surface area contributed by atoms with Crippen molar-refractivity contribution in [2.24, 2.45) is 0 Å². The van der Waals surface area contributed by atoms with Gasteiger partial charge in [0.25, 0.3) is 0 Å². The van der Waals surface area contributed by atoms with E-state index in [1.165, 1.54) is 44.9 Å². The van der Waals surface area contributed by atoms with Crippen molar-refractivity contribution < 1.29 is 9.21 Å². The summed E-state index contributed by atoms with van der Waals surface area (Å²) in [6, 6.07) is 0. The molecule has 0 atom stereocenters. The van der Waals surface area contributed by atoms with E-state index in [0.717, 1.165) is 29.1 Å². The first-order valence-electron chi connectivity index (χ1n) is 8.17. The average Bonchev–Trinajstić information content (AvgIpc) is 2.66. The van der Waals surface area contributed by atoms with Crippen LogP contribution in [0.3, 0.4) is 0 Å². The van der Waals surface area contributed by atoms with Gasteiger partial charge in [-0.05, 0) is 27.2 Å².